The third-order valence-electron chi connectivity index (χ3n) is 4.20. The third-order valence-corrected chi connectivity index (χ3v) is 6.89. The number of fused-ring (bicyclic) bond motifs is 1. The van der Waals surface area contributed by atoms with Crippen LogP contribution in [0.2, 0.25) is 0 Å². The van der Waals surface area contributed by atoms with E-state index in [4.69, 9.17) is 14.2 Å². The molecule has 0 spiro atoms. The third kappa shape index (κ3) is 3.24. The molecule has 2 aromatic rings. The Morgan fingerprint density at radius 2 is 1.85 bits per heavy atom. The van der Waals surface area contributed by atoms with Gasteiger partial charge in [-0.2, -0.15) is 0 Å². The SMILES string of the molecule is COC(=O)c1c(NS(=O)(=O)c2ccc(OC)c(OC)c2)sc2c1CCC2. The van der Waals surface area contributed by atoms with Gasteiger partial charge < -0.3 is 14.2 Å². The van der Waals surface area contributed by atoms with Gasteiger partial charge in [-0.1, -0.05) is 0 Å². The fourth-order valence-electron chi connectivity index (χ4n) is 2.96. The summed E-state index contributed by atoms with van der Waals surface area (Å²) < 4.78 is 43.3. The lowest BCUT2D eigenvalue weighted by Crippen LogP contribution is -2.15. The number of hydrogen-bond donors (Lipinski definition) is 1. The molecule has 1 aliphatic rings. The molecule has 0 fully saturated rings. The van der Waals surface area contributed by atoms with Gasteiger partial charge in [0, 0.05) is 10.9 Å². The largest absolute Gasteiger partial charge is 0.493 e. The van der Waals surface area contributed by atoms with Gasteiger partial charge in [0.25, 0.3) is 10.0 Å². The van der Waals surface area contributed by atoms with E-state index in [9.17, 15) is 13.2 Å². The number of nitrogens with one attached hydrogen (secondary N) is 1. The van der Waals surface area contributed by atoms with Crippen molar-refractivity contribution in [3.8, 4) is 11.5 Å². The summed E-state index contributed by atoms with van der Waals surface area (Å²) in [5.41, 5.74) is 1.20. The van der Waals surface area contributed by atoms with Crippen molar-refractivity contribution in [3.63, 3.8) is 0 Å². The Bertz CT molecular complexity index is 948. The first-order valence-electron chi connectivity index (χ1n) is 7.89. The van der Waals surface area contributed by atoms with Gasteiger partial charge >= 0.3 is 5.97 Å². The van der Waals surface area contributed by atoms with Crippen LogP contribution in [0.4, 0.5) is 5.00 Å². The molecule has 140 valence electrons. The molecule has 0 saturated carbocycles. The lowest BCUT2D eigenvalue weighted by atomic mass is 10.1. The number of sulfonamides is 1. The minimum atomic E-state index is -3.91. The molecule has 0 atom stereocenters. The van der Waals surface area contributed by atoms with Crippen molar-refractivity contribution in [2.24, 2.45) is 0 Å². The molecule has 1 heterocycles. The topological polar surface area (TPSA) is 90.9 Å². The summed E-state index contributed by atoms with van der Waals surface area (Å²) in [6.07, 6.45) is 2.53. The van der Waals surface area contributed by atoms with E-state index in [0.29, 0.717) is 17.1 Å². The molecule has 26 heavy (non-hydrogen) atoms. The first-order chi connectivity index (χ1) is 12.4. The number of aryl methyl sites for hydroxylation is 1. The number of carbonyl (C=O) groups is 1. The summed E-state index contributed by atoms with van der Waals surface area (Å²) in [7, 11) is 0.284. The van der Waals surface area contributed by atoms with Crippen molar-refractivity contribution in [1.82, 2.24) is 0 Å². The van der Waals surface area contributed by atoms with Crippen molar-refractivity contribution in [2.45, 2.75) is 24.2 Å². The van der Waals surface area contributed by atoms with E-state index in [0.717, 1.165) is 29.7 Å². The number of esters is 1. The van der Waals surface area contributed by atoms with Crippen LogP contribution in [-0.4, -0.2) is 35.7 Å². The quantitative estimate of drug-likeness (QED) is 0.754. The van der Waals surface area contributed by atoms with Gasteiger partial charge in [0.1, 0.15) is 5.00 Å². The summed E-state index contributed by atoms with van der Waals surface area (Å²) in [5, 5.41) is 0.288. The number of ether oxygens (including phenoxy) is 3. The van der Waals surface area contributed by atoms with Gasteiger partial charge in [-0.25, -0.2) is 13.2 Å². The fourth-order valence-corrected chi connectivity index (χ4v) is 5.56. The second kappa shape index (κ2) is 7.16. The minimum absolute atomic E-state index is 0.0134. The van der Waals surface area contributed by atoms with Crippen LogP contribution in [0.3, 0.4) is 0 Å². The van der Waals surface area contributed by atoms with Gasteiger partial charge in [0.2, 0.25) is 0 Å². The summed E-state index contributed by atoms with van der Waals surface area (Å²) in [5.74, 6) is 0.198. The van der Waals surface area contributed by atoms with Crippen molar-refractivity contribution in [3.05, 3.63) is 34.2 Å². The average molecular weight is 397 g/mol. The Hall–Kier alpha value is -2.26. The maximum atomic E-state index is 12.8. The van der Waals surface area contributed by atoms with Crippen LogP contribution in [0.5, 0.6) is 11.5 Å². The first kappa shape index (κ1) is 18.5. The number of thiophene rings is 1. The second-order valence-corrected chi connectivity index (χ2v) is 8.46. The molecular formula is C17H19NO6S2. The van der Waals surface area contributed by atoms with Crippen molar-refractivity contribution < 1.29 is 27.4 Å². The zero-order chi connectivity index (χ0) is 18.9. The number of hydrogen-bond acceptors (Lipinski definition) is 7. The van der Waals surface area contributed by atoms with Crippen LogP contribution in [0.1, 0.15) is 27.2 Å². The van der Waals surface area contributed by atoms with E-state index in [1.807, 2.05) is 0 Å². The number of rotatable bonds is 6. The first-order valence-corrected chi connectivity index (χ1v) is 10.2. The highest BCUT2D eigenvalue weighted by Gasteiger charge is 2.29. The molecule has 9 heteroatoms. The molecule has 0 bridgehead atoms. The fraction of sp³-hybridized carbons (Fsp3) is 0.353. The van der Waals surface area contributed by atoms with E-state index in [2.05, 4.69) is 4.72 Å². The molecule has 0 saturated heterocycles. The zero-order valence-electron chi connectivity index (χ0n) is 14.6. The van der Waals surface area contributed by atoms with Gasteiger partial charge in [0.15, 0.2) is 11.5 Å². The summed E-state index contributed by atoms with van der Waals surface area (Å²) >= 11 is 1.28. The van der Waals surface area contributed by atoms with E-state index in [1.165, 1.54) is 50.9 Å². The molecular weight excluding hydrogens is 378 g/mol. The average Bonchev–Trinajstić information content (AvgIpc) is 3.20. The smallest absolute Gasteiger partial charge is 0.341 e. The maximum absolute atomic E-state index is 12.8. The van der Waals surface area contributed by atoms with Crippen LogP contribution >= 0.6 is 11.3 Å². The van der Waals surface area contributed by atoms with Gasteiger partial charge in [-0.15, -0.1) is 11.3 Å². The van der Waals surface area contributed by atoms with Crippen LogP contribution in [0.15, 0.2) is 23.1 Å². The highest BCUT2D eigenvalue weighted by molar-refractivity contribution is 7.93. The van der Waals surface area contributed by atoms with Gasteiger partial charge in [-0.05, 0) is 37.0 Å². The predicted molar refractivity (Wildman–Crippen MR) is 98.0 cm³/mol. The van der Waals surface area contributed by atoms with E-state index in [1.54, 1.807) is 0 Å². The number of carbonyl (C=O) groups excluding carboxylic acids is 1. The molecule has 0 amide bonds. The molecule has 0 unspecified atom stereocenters. The summed E-state index contributed by atoms with van der Waals surface area (Å²) in [6, 6.07) is 4.31. The van der Waals surface area contributed by atoms with E-state index in [-0.39, 0.29) is 9.90 Å². The number of benzene rings is 1. The summed E-state index contributed by atoms with van der Waals surface area (Å²) in [6.45, 7) is 0. The molecule has 1 aromatic heterocycles. The van der Waals surface area contributed by atoms with Crippen molar-refractivity contribution in [2.75, 3.05) is 26.1 Å². The maximum Gasteiger partial charge on any atom is 0.341 e. The predicted octanol–water partition coefficient (Wildman–Crippen LogP) is 2.84. The van der Waals surface area contributed by atoms with Gasteiger partial charge in [-0.3, -0.25) is 4.72 Å². The Morgan fingerprint density at radius 3 is 2.50 bits per heavy atom. The van der Waals surface area contributed by atoms with E-state index < -0.39 is 16.0 Å². The minimum Gasteiger partial charge on any atom is -0.493 e. The van der Waals surface area contributed by atoms with Crippen LogP contribution in [0.25, 0.3) is 0 Å². The summed E-state index contributed by atoms with van der Waals surface area (Å²) in [4.78, 5) is 13.2. The second-order valence-electron chi connectivity index (χ2n) is 5.68. The molecule has 0 aliphatic heterocycles. The van der Waals surface area contributed by atoms with Crippen LogP contribution in [-0.2, 0) is 27.6 Å². The highest BCUT2D eigenvalue weighted by atomic mass is 32.2. The van der Waals surface area contributed by atoms with Crippen LogP contribution < -0.4 is 14.2 Å². The number of methoxy groups -OCH3 is 3. The highest BCUT2D eigenvalue weighted by Crippen LogP contribution is 2.40. The normalized spacial score (nSPS) is 13.2. The van der Waals surface area contributed by atoms with Crippen molar-refractivity contribution >= 4 is 32.3 Å². The molecule has 1 aromatic carbocycles. The lowest BCUT2D eigenvalue weighted by molar-refractivity contribution is 0.0601. The number of anilines is 1. The molecule has 0 radical (unpaired) electrons. The Kier molecular flexibility index (Phi) is 5.10. The zero-order valence-corrected chi connectivity index (χ0v) is 16.3. The molecule has 3 rings (SSSR count). The van der Waals surface area contributed by atoms with Crippen molar-refractivity contribution in [1.29, 1.82) is 0 Å². The Labute approximate surface area is 155 Å². The van der Waals surface area contributed by atoms with Gasteiger partial charge in [0.05, 0.1) is 31.8 Å². The Balaban J connectivity index is 2.00. The van der Waals surface area contributed by atoms with Crippen LogP contribution in [0, 0.1) is 0 Å². The molecule has 7 nitrogen and oxygen atoms in total. The standard InChI is InChI=1S/C17H19NO6S2/c1-22-12-8-7-10(9-13(12)23-2)26(20,21)18-16-15(17(19)24-3)11-5-4-6-14(11)25-16/h7-9,18H,4-6H2,1-3H3. The lowest BCUT2D eigenvalue weighted by Gasteiger charge is -2.12. The molecule has 1 N–H and O–H groups in total. The monoisotopic (exact) mass is 397 g/mol. The Morgan fingerprint density at radius 1 is 1.12 bits per heavy atom. The molecule has 1 aliphatic carbocycles. The van der Waals surface area contributed by atoms with E-state index >= 15 is 0 Å².